The van der Waals surface area contributed by atoms with Gasteiger partial charge in [0.05, 0.1) is 56.7 Å². The van der Waals surface area contributed by atoms with Crippen molar-refractivity contribution in [3.8, 4) is 11.5 Å². The standard InChI is InChI=1S/C21H25N4O2/c1-4-15-7-5-9-17-18(15)21(26)27-20(23-17)16-8-6-10-22-19(16)24-11-13-25(2,3)14-12-24/h5-10H,4,11-14H2,1-3H3/q+1. The molecule has 0 bridgehead atoms. The molecule has 6 heteroatoms. The summed E-state index contributed by atoms with van der Waals surface area (Å²) < 4.78 is 6.66. The third-order valence-corrected chi connectivity index (χ3v) is 5.39. The zero-order valence-corrected chi connectivity index (χ0v) is 16.1. The molecular weight excluding hydrogens is 340 g/mol. The van der Waals surface area contributed by atoms with Crippen molar-refractivity contribution in [1.29, 1.82) is 0 Å². The number of rotatable bonds is 3. The lowest BCUT2D eigenvalue weighted by atomic mass is 10.1. The first-order chi connectivity index (χ1) is 13.0. The van der Waals surface area contributed by atoms with Crippen LogP contribution in [0, 0.1) is 0 Å². The molecule has 6 nitrogen and oxygen atoms in total. The van der Waals surface area contributed by atoms with Crippen molar-refractivity contribution in [2.75, 3.05) is 45.2 Å². The van der Waals surface area contributed by atoms with E-state index < -0.39 is 0 Å². The molecule has 0 amide bonds. The molecule has 27 heavy (non-hydrogen) atoms. The third-order valence-electron chi connectivity index (χ3n) is 5.39. The molecule has 0 unspecified atom stereocenters. The van der Waals surface area contributed by atoms with Gasteiger partial charge in [-0.15, -0.1) is 0 Å². The number of hydrogen-bond acceptors (Lipinski definition) is 5. The fourth-order valence-electron chi connectivity index (χ4n) is 3.63. The van der Waals surface area contributed by atoms with Crippen molar-refractivity contribution in [3.63, 3.8) is 0 Å². The highest BCUT2D eigenvalue weighted by Gasteiger charge is 2.27. The summed E-state index contributed by atoms with van der Waals surface area (Å²) in [7, 11) is 4.48. The van der Waals surface area contributed by atoms with E-state index in [-0.39, 0.29) is 5.63 Å². The molecule has 0 atom stereocenters. The molecule has 3 aromatic rings. The smallest absolute Gasteiger partial charge is 0.347 e. The molecule has 0 spiro atoms. The summed E-state index contributed by atoms with van der Waals surface area (Å²) in [6.07, 6.45) is 2.55. The molecule has 1 aliphatic rings. The molecule has 3 heterocycles. The number of hydrogen-bond donors (Lipinski definition) is 0. The van der Waals surface area contributed by atoms with Crippen molar-refractivity contribution in [2.24, 2.45) is 0 Å². The van der Waals surface area contributed by atoms with Crippen molar-refractivity contribution < 1.29 is 8.90 Å². The molecule has 0 N–H and O–H groups in total. The molecule has 140 valence electrons. The second-order valence-corrected chi connectivity index (χ2v) is 7.72. The summed E-state index contributed by atoms with van der Waals surface area (Å²) in [6.45, 7) is 5.94. The highest BCUT2D eigenvalue weighted by Crippen LogP contribution is 2.29. The van der Waals surface area contributed by atoms with Gasteiger partial charge in [0.2, 0.25) is 5.89 Å². The number of piperazine rings is 1. The number of nitrogens with zero attached hydrogens (tertiary/aromatic N) is 4. The molecule has 1 aliphatic heterocycles. The van der Waals surface area contributed by atoms with E-state index >= 15 is 0 Å². The normalized spacial score (nSPS) is 16.6. The monoisotopic (exact) mass is 365 g/mol. The van der Waals surface area contributed by atoms with E-state index in [9.17, 15) is 4.79 Å². The van der Waals surface area contributed by atoms with Gasteiger partial charge >= 0.3 is 5.63 Å². The van der Waals surface area contributed by atoms with Gasteiger partial charge in [0.25, 0.3) is 0 Å². The van der Waals surface area contributed by atoms with Crippen LogP contribution in [0.2, 0.25) is 0 Å². The van der Waals surface area contributed by atoms with Crippen LogP contribution in [0.5, 0.6) is 0 Å². The molecule has 4 rings (SSSR count). The van der Waals surface area contributed by atoms with Crippen LogP contribution in [0.3, 0.4) is 0 Å². The number of quaternary nitrogens is 1. The summed E-state index contributed by atoms with van der Waals surface area (Å²) in [5.41, 5.74) is 2.07. The minimum Gasteiger partial charge on any atom is -0.403 e. The van der Waals surface area contributed by atoms with Gasteiger partial charge in [0.15, 0.2) is 0 Å². The van der Waals surface area contributed by atoms with Crippen LogP contribution in [-0.2, 0) is 6.42 Å². The highest BCUT2D eigenvalue weighted by atomic mass is 16.4. The second-order valence-electron chi connectivity index (χ2n) is 7.72. The number of anilines is 1. The van der Waals surface area contributed by atoms with E-state index in [0.717, 1.165) is 54.0 Å². The van der Waals surface area contributed by atoms with Gasteiger partial charge in [-0.2, -0.15) is 0 Å². The zero-order valence-electron chi connectivity index (χ0n) is 16.1. The molecular formula is C21H25N4O2+. The maximum atomic E-state index is 12.7. The Morgan fingerprint density at radius 3 is 2.67 bits per heavy atom. The minimum atomic E-state index is -0.335. The lowest BCUT2D eigenvalue weighted by molar-refractivity contribution is -0.890. The van der Waals surface area contributed by atoms with Crippen molar-refractivity contribution >= 4 is 16.7 Å². The Kier molecular flexibility index (Phi) is 4.44. The first kappa shape index (κ1) is 17.7. The fraction of sp³-hybridized carbons (Fsp3) is 0.381. The summed E-state index contributed by atoms with van der Waals surface area (Å²) in [5.74, 6) is 1.17. The maximum Gasteiger partial charge on any atom is 0.347 e. The molecule has 2 aromatic heterocycles. The van der Waals surface area contributed by atoms with E-state index in [0.29, 0.717) is 16.8 Å². The topological polar surface area (TPSA) is 59.2 Å². The number of aryl methyl sites for hydroxylation is 1. The Hall–Kier alpha value is -2.73. The number of fused-ring (bicyclic) bond motifs is 1. The fourth-order valence-corrected chi connectivity index (χ4v) is 3.63. The van der Waals surface area contributed by atoms with Crippen LogP contribution in [0.15, 0.2) is 45.7 Å². The largest absolute Gasteiger partial charge is 0.403 e. The van der Waals surface area contributed by atoms with Gasteiger partial charge in [0, 0.05) is 6.20 Å². The Morgan fingerprint density at radius 1 is 1.15 bits per heavy atom. The van der Waals surface area contributed by atoms with Gasteiger partial charge < -0.3 is 13.8 Å². The van der Waals surface area contributed by atoms with Crippen LogP contribution < -0.4 is 10.5 Å². The van der Waals surface area contributed by atoms with E-state index in [1.807, 2.05) is 37.3 Å². The quantitative estimate of drug-likeness (QED) is 0.668. The molecule has 1 aromatic carbocycles. The van der Waals surface area contributed by atoms with Crippen LogP contribution in [0.4, 0.5) is 5.82 Å². The molecule has 1 fully saturated rings. The first-order valence-corrected chi connectivity index (χ1v) is 9.43. The van der Waals surface area contributed by atoms with Crippen LogP contribution in [0.1, 0.15) is 12.5 Å². The van der Waals surface area contributed by atoms with E-state index in [1.165, 1.54) is 0 Å². The Bertz CT molecular complexity index is 1030. The highest BCUT2D eigenvalue weighted by molar-refractivity contribution is 5.83. The molecule has 0 aliphatic carbocycles. The van der Waals surface area contributed by atoms with Gasteiger partial charge in [0.1, 0.15) is 5.82 Å². The number of aromatic nitrogens is 2. The average Bonchev–Trinajstić information content (AvgIpc) is 2.67. The van der Waals surface area contributed by atoms with Gasteiger partial charge in [-0.1, -0.05) is 19.1 Å². The lowest BCUT2D eigenvalue weighted by Crippen LogP contribution is -2.55. The first-order valence-electron chi connectivity index (χ1n) is 9.43. The molecule has 0 saturated carbocycles. The summed E-state index contributed by atoms with van der Waals surface area (Å²) >= 11 is 0. The maximum absolute atomic E-state index is 12.7. The summed E-state index contributed by atoms with van der Waals surface area (Å²) in [5, 5.41) is 0.575. The zero-order chi connectivity index (χ0) is 19.0. The average molecular weight is 365 g/mol. The van der Waals surface area contributed by atoms with Crippen molar-refractivity contribution in [3.05, 3.63) is 52.5 Å². The van der Waals surface area contributed by atoms with Crippen LogP contribution >= 0.6 is 0 Å². The molecule has 1 saturated heterocycles. The van der Waals surface area contributed by atoms with Crippen LogP contribution in [0.25, 0.3) is 22.4 Å². The SMILES string of the molecule is CCc1cccc2nc(-c3cccnc3N3CC[N+](C)(C)CC3)oc(=O)c12. The molecule has 0 radical (unpaired) electrons. The van der Waals surface area contributed by atoms with Crippen molar-refractivity contribution in [1.82, 2.24) is 9.97 Å². The second kappa shape index (κ2) is 6.78. The van der Waals surface area contributed by atoms with Crippen LogP contribution in [-0.4, -0.2) is 54.7 Å². The van der Waals surface area contributed by atoms with E-state index in [1.54, 1.807) is 6.20 Å². The van der Waals surface area contributed by atoms with Gasteiger partial charge in [-0.25, -0.2) is 14.8 Å². The summed E-state index contributed by atoms with van der Waals surface area (Å²) in [6, 6.07) is 9.54. The Balaban J connectivity index is 1.80. The van der Waals surface area contributed by atoms with Gasteiger partial charge in [-0.05, 0) is 30.2 Å². The van der Waals surface area contributed by atoms with E-state index in [4.69, 9.17) is 4.42 Å². The van der Waals surface area contributed by atoms with Crippen molar-refractivity contribution in [2.45, 2.75) is 13.3 Å². The lowest BCUT2D eigenvalue weighted by Gasteiger charge is -2.39. The third kappa shape index (κ3) is 3.32. The number of pyridine rings is 1. The van der Waals surface area contributed by atoms with Gasteiger partial charge in [-0.3, -0.25) is 0 Å². The predicted molar refractivity (Wildman–Crippen MR) is 107 cm³/mol. The predicted octanol–water partition coefficient (Wildman–Crippen LogP) is 2.71. The summed E-state index contributed by atoms with van der Waals surface area (Å²) in [4.78, 5) is 24.2. The Morgan fingerprint density at radius 2 is 1.93 bits per heavy atom. The van der Waals surface area contributed by atoms with E-state index in [2.05, 4.69) is 29.0 Å². The minimum absolute atomic E-state index is 0.335. The Labute approximate surface area is 158 Å². The number of likely N-dealkylation sites (N-methyl/N-ethyl adjacent to an activating group) is 1. The number of benzene rings is 1.